The Morgan fingerprint density at radius 2 is 1.14 bits per heavy atom. The number of ketones is 3. The average Bonchev–Trinajstić information content (AvgIpc) is 2.53. The van der Waals surface area contributed by atoms with Crippen LogP contribution in [0.2, 0.25) is 0 Å². The van der Waals surface area contributed by atoms with E-state index in [2.05, 4.69) is 0 Å². The van der Waals surface area contributed by atoms with Crippen LogP contribution in [-0.4, -0.2) is 28.1 Å². The Morgan fingerprint density at radius 3 is 1.59 bits per heavy atom. The summed E-state index contributed by atoms with van der Waals surface area (Å²) in [6, 6.07) is 14.0. The number of rotatable bonds is 5. The molecule has 2 aromatic carbocycles. The van der Waals surface area contributed by atoms with Crippen molar-refractivity contribution in [3.8, 4) is 0 Å². The maximum Gasteiger partial charge on any atom is 0.233 e. The van der Waals surface area contributed by atoms with Crippen LogP contribution in [0.15, 0.2) is 54.6 Å². The Balaban J connectivity index is 2.22. The molecule has 0 aromatic heterocycles. The van der Waals surface area contributed by atoms with Crippen molar-refractivity contribution >= 4 is 17.3 Å². The van der Waals surface area contributed by atoms with Crippen molar-refractivity contribution in [2.45, 2.75) is 19.4 Å². The minimum absolute atomic E-state index is 0.209. The first-order chi connectivity index (χ1) is 10.3. The van der Waals surface area contributed by atoms with Crippen molar-refractivity contribution in [2.75, 3.05) is 0 Å². The van der Waals surface area contributed by atoms with Gasteiger partial charge in [-0.05, 0) is 13.8 Å². The van der Waals surface area contributed by atoms with Gasteiger partial charge in [0.2, 0.25) is 11.6 Å². The van der Waals surface area contributed by atoms with Crippen LogP contribution in [0.5, 0.6) is 0 Å². The normalized spacial score (nSPS) is 11.0. The molecule has 0 spiro atoms. The minimum atomic E-state index is -1.48. The Bertz CT molecular complexity index is 707. The summed E-state index contributed by atoms with van der Waals surface area (Å²) in [5.74, 6) is -1.67. The summed E-state index contributed by atoms with van der Waals surface area (Å²) >= 11 is 0. The zero-order valence-electron chi connectivity index (χ0n) is 12.4. The predicted molar refractivity (Wildman–Crippen MR) is 82.2 cm³/mol. The first kappa shape index (κ1) is 15.8. The van der Waals surface area contributed by atoms with E-state index >= 15 is 0 Å². The number of hydrogen-bond acceptors (Lipinski definition) is 4. The maximum atomic E-state index is 12.1. The molecule has 22 heavy (non-hydrogen) atoms. The first-order valence-electron chi connectivity index (χ1n) is 6.82. The molecule has 112 valence electrons. The van der Waals surface area contributed by atoms with Gasteiger partial charge in [0.25, 0.3) is 0 Å². The highest BCUT2D eigenvalue weighted by Gasteiger charge is 2.25. The second kappa shape index (κ2) is 6.03. The van der Waals surface area contributed by atoms with Crippen LogP contribution in [0.4, 0.5) is 0 Å². The molecule has 0 aliphatic heterocycles. The molecule has 2 aromatic rings. The van der Waals surface area contributed by atoms with E-state index in [0.29, 0.717) is 5.56 Å². The minimum Gasteiger partial charge on any atom is -0.382 e. The number of Topliss-reactive ketones (excluding diaryl/α,β-unsaturated/α-hetero) is 3. The molecule has 0 saturated heterocycles. The van der Waals surface area contributed by atoms with Gasteiger partial charge in [-0.1, -0.05) is 54.6 Å². The van der Waals surface area contributed by atoms with Crippen molar-refractivity contribution in [1.82, 2.24) is 0 Å². The van der Waals surface area contributed by atoms with Gasteiger partial charge < -0.3 is 5.11 Å². The van der Waals surface area contributed by atoms with Crippen LogP contribution < -0.4 is 0 Å². The summed E-state index contributed by atoms with van der Waals surface area (Å²) in [6.07, 6.45) is 0. The molecule has 0 unspecified atom stereocenters. The fourth-order valence-corrected chi connectivity index (χ4v) is 1.98. The van der Waals surface area contributed by atoms with Crippen LogP contribution in [0.1, 0.15) is 44.9 Å². The van der Waals surface area contributed by atoms with Gasteiger partial charge in [-0.2, -0.15) is 0 Å². The molecule has 0 saturated carbocycles. The van der Waals surface area contributed by atoms with Crippen molar-refractivity contribution in [2.24, 2.45) is 0 Å². The maximum absolute atomic E-state index is 12.1. The number of carbonyl (C=O) groups is 3. The molecule has 0 fully saturated rings. The number of carbonyl (C=O) groups excluding carboxylic acids is 3. The molecular formula is C18H16O4. The second-order valence-electron chi connectivity index (χ2n) is 5.49. The Labute approximate surface area is 128 Å². The van der Waals surface area contributed by atoms with Crippen LogP contribution in [0.25, 0.3) is 0 Å². The third-order valence-electron chi connectivity index (χ3n) is 3.21. The molecule has 0 amide bonds. The van der Waals surface area contributed by atoms with Gasteiger partial charge in [-0.15, -0.1) is 0 Å². The average molecular weight is 296 g/mol. The molecule has 0 heterocycles. The van der Waals surface area contributed by atoms with Gasteiger partial charge in [0.05, 0.1) is 0 Å². The van der Waals surface area contributed by atoms with Crippen LogP contribution in [0, 0.1) is 0 Å². The molecule has 0 aliphatic rings. The van der Waals surface area contributed by atoms with Gasteiger partial charge in [0.15, 0.2) is 5.78 Å². The monoisotopic (exact) mass is 296 g/mol. The van der Waals surface area contributed by atoms with E-state index in [9.17, 15) is 19.5 Å². The highest BCUT2D eigenvalue weighted by Crippen LogP contribution is 2.15. The molecule has 0 bridgehead atoms. The van der Waals surface area contributed by atoms with Crippen LogP contribution in [-0.2, 0) is 0 Å². The smallest absolute Gasteiger partial charge is 0.233 e. The quantitative estimate of drug-likeness (QED) is 0.680. The zero-order valence-corrected chi connectivity index (χ0v) is 12.4. The van der Waals surface area contributed by atoms with Gasteiger partial charge in [-0.3, -0.25) is 14.4 Å². The Morgan fingerprint density at radius 1 is 0.727 bits per heavy atom. The Hall–Kier alpha value is -2.59. The summed E-state index contributed by atoms with van der Waals surface area (Å²) in [7, 11) is 0. The molecular weight excluding hydrogens is 280 g/mol. The molecule has 0 radical (unpaired) electrons. The lowest BCUT2D eigenvalue weighted by Crippen LogP contribution is -2.31. The number of hydrogen-bond donors (Lipinski definition) is 1. The summed E-state index contributed by atoms with van der Waals surface area (Å²) in [4.78, 5) is 36.1. The molecule has 2 rings (SSSR count). The van der Waals surface area contributed by atoms with E-state index in [0.717, 1.165) is 0 Å². The van der Waals surface area contributed by atoms with Crippen molar-refractivity contribution in [3.05, 3.63) is 71.3 Å². The van der Waals surface area contributed by atoms with Gasteiger partial charge in [0.1, 0.15) is 5.60 Å². The van der Waals surface area contributed by atoms with E-state index in [4.69, 9.17) is 0 Å². The van der Waals surface area contributed by atoms with E-state index in [1.807, 2.05) is 0 Å². The topological polar surface area (TPSA) is 71.4 Å². The lowest BCUT2D eigenvalue weighted by Gasteiger charge is -2.15. The number of aliphatic hydroxyl groups is 1. The summed E-state index contributed by atoms with van der Waals surface area (Å²) < 4.78 is 0. The van der Waals surface area contributed by atoms with Crippen molar-refractivity contribution < 1.29 is 19.5 Å². The fraction of sp³-hybridized carbons (Fsp3) is 0.167. The van der Waals surface area contributed by atoms with Gasteiger partial charge >= 0.3 is 0 Å². The van der Waals surface area contributed by atoms with E-state index in [1.165, 1.54) is 38.1 Å². The highest BCUT2D eigenvalue weighted by atomic mass is 16.3. The summed E-state index contributed by atoms with van der Waals surface area (Å²) in [5.41, 5.74) is -0.660. The lowest BCUT2D eigenvalue weighted by molar-refractivity contribution is 0.0488. The summed E-state index contributed by atoms with van der Waals surface area (Å²) in [6.45, 7) is 2.79. The lowest BCUT2D eigenvalue weighted by atomic mass is 9.94. The van der Waals surface area contributed by atoms with E-state index in [1.54, 1.807) is 30.3 Å². The second-order valence-corrected chi connectivity index (χ2v) is 5.49. The third-order valence-corrected chi connectivity index (χ3v) is 3.21. The van der Waals surface area contributed by atoms with Crippen LogP contribution in [0.3, 0.4) is 0 Å². The predicted octanol–water partition coefficient (Wildman–Crippen LogP) is 2.71. The van der Waals surface area contributed by atoms with Gasteiger partial charge in [0, 0.05) is 16.7 Å². The molecule has 1 N–H and O–H groups in total. The van der Waals surface area contributed by atoms with Gasteiger partial charge in [-0.25, -0.2) is 0 Å². The molecule has 4 nitrogen and oxygen atoms in total. The largest absolute Gasteiger partial charge is 0.382 e. The zero-order chi connectivity index (χ0) is 16.3. The summed E-state index contributed by atoms with van der Waals surface area (Å²) in [5, 5.41) is 9.68. The fourth-order valence-electron chi connectivity index (χ4n) is 1.98. The SMILES string of the molecule is CC(C)(O)C(=O)c1ccc(C(=O)C(=O)c2ccccc2)cc1. The Kier molecular flexibility index (Phi) is 4.33. The van der Waals surface area contributed by atoms with Crippen molar-refractivity contribution in [1.29, 1.82) is 0 Å². The van der Waals surface area contributed by atoms with Crippen LogP contribution >= 0.6 is 0 Å². The van der Waals surface area contributed by atoms with Crippen molar-refractivity contribution in [3.63, 3.8) is 0 Å². The third kappa shape index (κ3) is 3.35. The number of benzene rings is 2. The standard InChI is InChI=1S/C18H16O4/c1-18(2,22)17(21)14-10-8-13(9-11-14)16(20)15(19)12-6-4-3-5-7-12/h3-11,22H,1-2H3. The van der Waals surface area contributed by atoms with E-state index < -0.39 is 23.0 Å². The highest BCUT2D eigenvalue weighted by molar-refractivity contribution is 6.49. The molecule has 4 heteroatoms. The molecule has 0 aliphatic carbocycles. The molecule has 0 atom stereocenters. The first-order valence-corrected chi connectivity index (χ1v) is 6.82. The van der Waals surface area contributed by atoms with E-state index in [-0.39, 0.29) is 11.1 Å².